The molecule has 0 saturated carbocycles. The number of amides is 1. The highest BCUT2D eigenvalue weighted by Gasteiger charge is 2.26. The van der Waals surface area contributed by atoms with Crippen LogP contribution in [0.4, 0.5) is 5.69 Å². The van der Waals surface area contributed by atoms with Crippen molar-refractivity contribution >= 4 is 27.6 Å². The fourth-order valence-electron chi connectivity index (χ4n) is 3.10. The molecule has 32 heavy (non-hydrogen) atoms. The Kier molecular flexibility index (Phi) is 8.20. The van der Waals surface area contributed by atoms with E-state index in [-0.39, 0.29) is 11.5 Å². The van der Waals surface area contributed by atoms with E-state index in [4.69, 9.17) is 14.2 Å². The van der Waals surface area contributed by atoms with Gasteiger partial charge in [0.15, 0.2) is 13.2 Å². The van der Waals surface area contributed by atoms with Crippen LogP contribution in [0.5, 0.6) is 5.75 Å². The molecule has 0 radical (unpaired) electrons. The zero-order valence-corrected chi connectivity index (χ0v) is 18.6. The van der Waals surface area contributed by atoms with Gasteiger partial charge in [0.25, 0.3) is 5.91 Å². The van der Waals surface area contributed by atoms with Crippen LogP contribution in [-0.2, 0) is 35.5 Å². The molecule has 10 heteroatoms. The maximum Gasteiger partial charge on any atom is 0.344 e. The van der Waals surface area contributed by atoms with Crippen molar-refractivity contribution in [3.8, 4) is 5.75 Å². The topological polar surface area (TPSA) is 111 Å². The average molecular weight is 463 g/mol. The molecule has 3 rings (SSSR count). The molecule has 1 N–H and O–H groups in total. The number of nitrogens with zero attached hydrogens (tertiary/aromatic N) is 1. The van der Waals surface area contributed by atoms with E-state index in [9.17, 15) is 18.0 Å². The molecular weight excluding hydrogens is 436 g/mol. The third kappa shape index (κ3) is 6.28. The van der Waals surface area contributed by atoms with E-state index in [1.54, 1.807) is 6.07 Å². The number of para-hydroxylation sites is 1. The van der Waals surface area contributed by atoms with Gasteiger partial charge in [0.2, 0.25) is 10.0 Å². The molecule has 0 spiro atoms. The molecule has 1 aliphatic rings. The van der Waals surface area contributed by atoms with E-state index >= 15 is 0 Å². The van der Waals surface area contributed by atoms with Crippen LogP contribution in [0.3, 0.4) is 0 Å². The van der Waals surface area contributed by atoms with Crippen molar-refractivity contribution in [2.75, 3.05) is 44.8 Å². The summed E-state index contributed by atoms with van der Waals surface area (Å²) in [5.74, 6) is -0.613. The first-order chi connectivity index (χ1) is 15.4. The normalized spacial score (nSPS) is 14.5. The summed E-state index contributed by atoms with van der Waals surface area (Å²) in [4.78, 5) is 24.1. The Morgan fingerprint density at radius 2 is 1.72 bits per heavy atom. The second-order valence-electron chi connectivity index (χ2n) is 7.00. The van der Waals surface area contributed by atoms with Gasteiger partial charge in [-0.15, -0.1) is 0 Å². The van der Waals surface area contributed by atoms with Crippen LogP contribution in [0.1, 0.15) is 12.5 Å². The Bertz CT molecular complexity index is 1030. The minimum atomic E-state index is -3.61. The summed E-state index contributed by atoms with van der Waals surface area (Å²) in [5.41, 5.74) is 1.36. The van der Waals surface area contributed by atoms with Crippen molar-refractivity contribution in [2.45, 2.75) is 18.2 Å². The predicted molar refractivity (Wildman–Crippen MR) is 117 cm³/mol. The van der Waals surface area contributed by atoms with E-state index in [0.717, 1.165) is 12.0 Å². The smallest absolute Gasteiger partial charge is 0.344 e. The molecule has 0 atom stereocenters. The SMILES string of the molecule is CCc1ccccc1OCC(=O)OCC(=O)Nc1ccc(S(=O)(=O)N2CCOCC2)cc1. The number of hydrogen-bond donors (Lipinski definition) is 1. The first kappa shape index (κ1) is 23.7. The molecule has 172 valence electrons. The van der Waals surface area contributed by atoms with Crippen molar-refractivity contribution < 1.29 is 32.2 Å². The summed E-state index contributed by atoms with van der Waals surface area (Å²) in [6.45, 7) is 2.53. The van der Waals surface area contributed by atoms with Gasteiger partial charge in [-0.25, -0.2) is 13.2 Å². The van der Waals surface area contributed by atoms with Crippen LogP contribution in [0.2, 0.25) is 0 Å². The molecule has 0 unspecified atom stereocenters. The number of carbonyl (C=O) groups excluding carboxylic acids is 2. The zero-order valence-electron chi connectivity index (χ0n) is 17.8. The van der Waals surface area contributed by atoms with Gasteiger partial charge in [-0.1, -0.05) is 25.1 Å². The first-order valence-electron chi connectivity index (χ1n) is 10.2. The summed E-state index contributed by atoms with van der Waals surface area (Å²) in [7, 11) is -3.61. The van der Waals surface area contributed by atoms with Crippen molar-refractivity contribution in [2.24, 2.45) is 0 Å². The first-order valence-corrected chi connectivity index (χ1v) is 11.7. The van der Waals surface area contributed by atoms with Crippen molar-refractivity contribution in [3.05, 3.63) is 54.1 Å². The van der Waals surface area contributed by atoms with E-state index in [1.165, 1.54) is 28.6 Å². The molecular formula is C22H26N2O7S. The maximum atomic E-state index is 12.6. The van der Waals surface area contributed by atoms with Crippen molar-refractivity contribution in [1.82, 2.24) is 4.31 Å². The number of esters is 1. The standard InChI is InChI=1S/C22H26N2O7S/c1-2-17-5-3-4-6-20(17)30-16-22(26)31-15-21(25)23-18-7-9-19(10-8-18)32(27,28)24-11-13-29-14-12-24/h3-10H,2,11-16H2,1H3,(H,23,25). The van der Waals surface area contributed by atoms with Gasteiger partial charge in [0, 0.05) is 18.8 Å². The summed E-state index contributed by atoms with van der Waals surface area (Å²) in [6.07, 6.45) is 0.764. The molecule has 2 aromatic rings. The number of rotatable bonds is 9. The fraction of sp³-hybridized carbons (Fsp3) is 0.364. The highest BCUT2D eigenvalue weighted by atomic mass is 32.2. The molecule has 1 heterocycles. The van der Waals surface area contributed by atoms with Gasteiger partial charge in [-0.05, 0) is 42.3 Å². The number of ether oxygens (including phenoxy) is 3. The summed E-state index contributed by atoms with van der Waals surface area (Å²) in [6, 6.07) is 13.2. The van der Waals surface area contributed by atoms with Gasteiger partial charge >= 0.3 is 5.97 Å². The van der Waals surface area contributed by atoms with Gasteiger partial charge in [-0.2, -0.15) is 4.31 Å². The minimum Gasteiger partial charge on any atom is -0.482 e. The number of nitrogens with one attached hydrogen (secondary N) is 1. The Morgan fingerprint density at radius 3 is 2.41 bits per heavy atom. The Hall–Kier alpha value is -2.95. The zero-order chi connectivity index (χ0) is 23.0. The fourth-order valence-corrected chi connectivity index (χ4v) is 4.51. The second kappa shape index (κ2) is 11.1. The predicted octanol–water partition coefficient (Wildman–Crippen LogP) is 1.83. The van der Waals surface area contributed by atoms with E-state index in [1.807, 2.05) is 25.1 Å². The molecule has 1 fully saturated rings. The second-order valence-corrected chi connectivity index (χ2v) is 8.94. The number of aryl methyl sites for hydroxylation is 1. The highest BCUT2D eigenvalue weighted by Crippen LogP contribution is 2.20. The Morgan fingerprint density at radius 1 is 1.03 bits per heavy atom. The lowest BCUT2D eigenvalue weighted by Gasteiger charge is -2.26. The lowest BCUT2D eigenvalue weighted by molar-refractivity contribution is -0.149. The lowest BCUT2D eigenvalue weighted by Crippen LogP contribution is -2.40. The highest BCUT2D eigenvalue weighted by molar-refractivity contribution is 7.89. The van der Waals surface area contributed by atoms with Gasteiger partial charge in [-0.3, -0.25) is 4.79 Å². The van der Waals surface area contributed by atoms with E-state index in [2.05, 4.69) is 5.32 Å². The number of benzene rings is 2. The Labute approximate surface area is 187 Å². The van der Waals surface area contributed by atoms with Gasteiger partial charge in [0.1, 0.15) is 5.75 Å². The quantitative estimate of drug-likeness (QED) is 0.566. The van der Waals surface area contributed by atoms with E-state index < -0.39 is 28.5 Å². The molecule has 1 saturated heterocycles. The summed E-state index contributed by atoms with van der Waals surface area (Å²) >= 11 is 0. The minimum absolute atomic E-state index is 0.133. The molecule has 0 aliphatic carbocycles. The molecule has 1 amide bonds. The monoisotopic (exact) mass is 462 g/mol. The van der Waals surface area contributed by atoms with Crippen LogP contribution in [-0.4, -0.2) is 64.1 Å². The molecule has 0 aromatic heterocycles. The van der Waals surface area contributed by atoms with Gasteiger partial charge in [0.05, 0.1) is 18.1 Å². The van der Waals surface area contributed by atoms with Crippen LogP contribution in [0.25, 0.3) is 0 Å². The van der Waals surface area contributed by atoms with Crippen LogP contribution in [0.15, 0.2) is 53.4 Å². The number of anilines is 1. The Balaban J connectivity index is 1.46. The number of sulfonamides is 1. The summed E-state index contributed by atoms with van der Waals surface area (Å²) < 4.78 is 42.2. The van der Waals surface area contributed by atoms with Crippen LogP contribution in [0, 0.1) is 0 Å². The number of morpholine rings is 1. The lowest BCUT2D eigenvalue weighted by atomic mass is 10.1. The third-order valence-electron chi connectivity index (χ3n) is 4.81. The molecule has 2 aromatic carbocycles. The van der Waals surface area contributed by atoms with Crippen LogP contribution < -0.4 is 10.1 Å². The van der Waals surface area contributed by atoms with Crippen LogP contribution >= 0.6 is 0 Å². The number of carbonyl (C=O) groups is 2. The van der Waals surface area contributed by atoms with Crippen molar-refractivity contribution in [3.63, 3.8) is 0 Å². The molecule has 9 nitrogen and oxygen atoms in total. The van der Waals surface area contributed by atoms with E-state index in [0.29, 0.717) is 37.7 Å². The third-order valence-corrected chi connectivity index (χ3v) is 6.72. The summed E-state index contributed by atoms with van der Waals surface area (Å²) in [5, 5.41) is 2.56. The molecule has 0 bridgehead atoms. The average Bonchev–Trinajstić information content (AvgIpc) is 2.82. The maximum absolute atomic E-state index is 12.6. The largest absolute Gasteiger partial charge is 0.482 e. The molecule has 1 aliphatic heterocycles. The van der Waals surface area contributed by atoms with Crippen molar-refractivity contribution in [1.29, 1.82) is 0 Å². The van der Waals surface area contributed by atoms with Gasteiger partial charge < -0.3 is 19.5 Å². The number of hydrogen-bond acceptors (Lipinski definition) is 7.